The van der Waals surface area contributed by atoms with E-state index in [-0.39, 0.29) is 0 Å². The van der Waals surface area contributed by atoms with E-state index in [1.165, 1.54) is 13.2 Å². The minimum Gasteiger partial charge on any atom is -0.461 e. The van der Waals surface area contributed by atoms with E-state index in [4.69, 9.17) is 4.74 Å². The summed E-state index contributed by atoms with van der Waals surface area (Å²) in [5.41, 5.74) is 1.39. The number of hydrogen-bond acceptors (Lipinski definition) is 2. The molecule has 0 amide bonds. The van der Waals surface area contributed by atoms with Gasteiger partial charge < -0.3 is 4.74 Å². The Morgan fingerprint density at radius 3 is 2.37 bits per heavy atom. The minimum atomic E-state index is -0.647. The van der Waals surface area contributed by atoms with Crippen molar-refractivity contribution in [3.8, 4) is 11.3 Å². The van der Waals surface area contributed by atoms with Crippen molar-refractivity contribution in [3.05, 3.63) is 83.8 Å². The van der Waals surface area contributed by atoms with Crippen LogP contribution in [0.4, 0.5) is 8.78 Å². The summed E-state index contributed by atoms with van der Waals surface area (Å²) in [6.07, 6.45) is 4.53. The van der Waals surface area contributed by atoms with Crippen LogP contribution in [0.2, 0.25) is 0 Å². The molecule has 4 nitrogen and oxygen atoms in total. The molecule has 3 heterocycles. The SMILES string of the molecule is CCC1(CC)c2cc(F)cc(F)c2-c2cccc[n+]2C1[n+]1ccccc1C(=O)OC. The zero-order valence-electron chi connectivity index (χ0n) is 17.2. The Balaban J connectivity index is 2.13. The maximum Gasteiger partial charge on any atom is 0.403 e. The van der Waals surface area contributed by atoms with E-state index in [0.29, 0.717) is 35.4 Å². The zero-order valence-corrected chi connectivity index (χ0v) is 17.2. The molecule has 0 saturated heterocycles. The van der Waals surface area contributed by atoms with Gasteiger partial charge in [0.05, 0.1) is 12.7 Å². The molecule has 0 fully saturated rings. The number of rotatable bonds is 4. The molecule has 0 aliphatic carbocycles. The molecule has 1 aromatic carbocycles. The second-order valence-electron chi connectivity index (χ2n) is 7.52. The molecule has 0 N–H and O–H groups in total. The maximum atomic E-state index is 15.1. The Morgan fingerprint density at radius 1 is 1.03 bits per heavy atom. The van der Waals surface area contributed by atoms with Crippen LogP contribution in [0.25, 0.3) is 11.3 Å². The largest absolute Gasteiger partial charge is 0.461 e. The van der Waals surface area contributed by atoms with Gasteiger partial charge in [0.25, 0.3) is 5.69 Å². The summed E-state index contributed by atoms with van der Waals surface area (Å²) in [6.45, 7) is 4.03. The molecule has 1 aliphatic rings. The van der Waals surface area contributed by atoms with Gasteiger partial charge in [-0.15, -0.1) is 9.13 Å². The van der Waals surface area contributed by atoms with Crippen LogP contribution in [0.1, 0.15) is 48.9 Å². The monoisotopic (exact) mass is 410 g/mol. The Morgan fingerprint density at radius 2 is 1.70 bits per heavy atom. The van der Waals surface area contributed by atoms with E-state index in [9.17, 15) is 9.18 Å². The van der Waals surface area contributed by atoms with E-state index in [1.54, 1.807) is 12.1 Å². The number of carbonyl (C=O) groups is 1. The van der Waals surface area contributed by atoms with Gasteiger partial charge in [-0.2, -0.15) is 0 Å². The fourth-order valence-corrected chi connectivity index (χ4v) is 4.86. The van der Waals surface area contributed by atoms with Gasteiger partial charge in [-0.05, 0) is 36.6 Å². The number of carbonyl (C=O) groups excluding carboxylic acids is 1. The van der Waals surface area contributed by atoms with Crippen molar-refractivity contribution < 1.29 is 27.4 Å². The predicted molar refractivity (Wildman–Crippen MR) is 107 cm³/mol. The molecule has 1 aliphatic heterocycles. The third-order valence-corrected chi connectivity index (χ3v) is 6.31. The van der Waals surface area contributed by atoms with Crippen LogP contribution >= 0.6 is 0 Å². The van der Waals surface area contributed by atoms with Gasteiger partial charge in [-0.1, -0.05) is 13.8 Å². The quantitative estimate of drug-likeness (QED) is 0.479. The van der Waals surface area contributed by atoms with E-state index in [2.05, 4.69) is 0 Å². The van der Waals surface area contributed by atoms with Gasteiger partial charge in [-0.3, -0.25) is 0 Å². The molecule has 3 aromatic rings. The molecular weight excluding hydrogens is 386 g/mol. The van der Waals surface area contributed by atoms with Crippen molar-refractivity contribution in [2.24, 2.45) is 0 Å². The summed E-state index contributed by atoms with van der Waals surface area (Å²) in [4.78, 5) is 12.6. The summed E-state index contributed by atoms with van der Waals surface area (Å²) in [5, 5.41) is 0. The molecule has 4 rings (SSSR count). The van der Waals surface area contributed by atoms with E-state index >= 15 is 4.39 Å². The van der Waals surface area contributed by atoms with Crippen molar-refractivity contribution in [3.63, 3.8) is 0 Å². The number of benzene rings is 1. The molecule has 0 saturated carbocycles. The first-order valence-electron chi connectivity index (χ1n) is 10.1. The van der Waals surface area contributed by atoms with Gasteiger partial charge in [0.15, 0.2) is 12.4 Å². The highest BCUT2D eigenvalue weighted by atomic mass is 19.1. The molecule has 0 radical (unpaired) electrons. The third kappa shape index (κ3) is 2.82. The highest BCUT2D eigenvalue weighted by molar-refractivity contribution is 5.85. The Hall–Kier alpha value is -3.15. The summed E-state index contributed by atoms with van der Waals surface area (Å²) in [6, 6.07) is 13.2. The standard InChI is InChI=1S/C24H24F2N2O2/c1-4-24(5-2)17-14-16(25)15-18(26)21(17)19-10-6-8-12-27(19)23(24)28-13-9-7-11-20(28)22(29)30-3/h6-15,23H,4-5H2,1-3H3/q+2. The molecule has 1 unspecified atom stereocenters. The summed E-state index contributed by atoms with van der Waals surface area (Å²) in [7, 11) is 1.34. The van der Waals surface area contributed by atoms with Crippen molar-refractivity contribution in [1.29, 1.82) is 0 Å². The maximum absolute atomic E-state index is 15.1. The fraction of sp³-hybridized carbons (Fsp3) is 0.292. The first-order chi connectivity index (χ1) is 14.5. The fourth-order valence-electron chi connectivity index (χ4n) is 4.86. The van der Waals surface area contributed by atoms with E-state index in [1.807, 2.05) is 59.6 Å². The molecule has 1 atom stereocenters. The highest BCUT2D eigenvalue weighted by Gasteiger charge is 2.58. The minimum absolute atomic E-state index is 0.374. The van der Waals surface area contributed by atoms with Gasteiger partial charge >= 0.3 is 12.1 Å². The molecule has 154 valence electrons. The molecule has 2 aromatic heterocycles. The van der Waals surface area contributed by atoms with Crippen molar-refractivity contribution in [2.75, 3.05) is 7.11 Å². The van der Waals surface area contributed by atoms with Gasteiger partial charge in [-0.25, -0.2) is 13.6 Å². The predicted octanol–water partition coefficient (Wildman–Crippen LogP) is 4.11. The number of pyridine rings is 2. The normalized spacial score (nSPS) is 16.5. The number of hydrogen-bond donors (Lipinski definition) is 0. The molecule has 30 heavy (non-hydrogen) atoms. The van der Waals surface area contributed by atoms with E-state index < -0.39 is 29.2 Å². The number of ether oxygens (including phenoxy) is 1. The van der Waals surface area contributed by atoms with Crippen LogP contribution in [-0.4, -0.2) is 13.1 Å². The van der Waals surface area contributed by atoms with Crippen molar-refractivity contribution in [2.45, 2.75) is 38.3 Å². The average Bonchev–Trinajstić information content (AvgIpc) is 2.77. The third-order valence-electron chi connectivity index (χ3n) is 6.31. The highest BCUT2D eigenvalue weighted by Crippen LogP contribution is 2.47. The molecular formula is C24H24F2N2O2+2. The number of methoxy groups -OCH3 is 1. The Kier molecular flexibility index (Phi) is 5.10. The van der Waals surface area contributed by atoms with Gasteiger partial charge in [0.1, 0.15) is 17.0 Å². The average molecular weight is 410 g/mol. The topological polar surface area (TPSA) is 34.1 Å². The second-order valence-corrected chi connectivity index (χ2v) is 7.52. The Labute approximate surface area is 174 Å². The molecule has 0 bridgehead atoms. The molecule has 0 spiro atoms. The van der Waals surface area contributed by atoms with Gasteiger partial charge in [0.2, 0.25) is 5.69 Å². The summed E-state index contributed by atoms with van der Waals surface area (Å²) < 4.78 is 38.3. The second kappa shape index (κ2) is 7.59. The first-order valence-corrected chi connectivity index (χ1v) is 10.1. The lowest BCUT2D eigenvalue weighted by Crippen LogP contribution is -2.69. The lowest BCUT2D eigenvalue weighted by Gasteiger charge is -2.37. The lowest BCUT2D eigenvalue weighted by atomic mass is 9.68. The zero-order chi connectivity index (χ0) is 21.5. The van der Waals surface area contributed by atoms with Crippen molar-refractivity contribution in [1.82, 2.24) is 0 Å². The lowest BCUT2D eigenvalue weighted by molar-refractivity contribution is -0.951. The Bertz CT molecular complexity index is 1130. The van der Waals surface area contributed by atoms with Crippen molar-refractivity contribution >= 4 is 5.97 Å². The summed E-state index contributed by atoms with van der Waals surface area (Å²) in [5.74, 6) is -1.65. The first kappa shape index (κ1) is 20.1. The van der Waals surface area contributed by atoms with Crippen LogP contribution in [0.5, 0.6) is 0 Å². The number of fused-ring (bicyclic) bond motifs is 3. The van der Waals surface area contributed by atoms with Crippen LogP contribution in [0.3, 0.4) is 0 Å². The number of halogens is 2. The number of aromatic nitrogens is 2. The smallest absolute Gasteiger partial charge is 0.403 e. The van der Waals surface area contributed by atoms with Gasteiger partial charge in [0, 0.05) is 30.3 Å². The van der Waals surface area contributed by atoms with Crippen LogP contribution in [0, 0.1) is 11.6 Å². The van der Waals surface area contributed by atoms with Crippen LogP contribution < -0.4 is 9.13 Å². The number of esters is 1. The molecule has 6 heteroatoms. The van der Waals surface area contributed by atoms with E-state index in [0.717, 1.165) is 6.07 Å². The van der Waals surface area contributed by atoms with Crippen LogP contribution in [0.15, 0.2) is 60.9 Å². The van der Waals surface area contributed by atoms with Crippen LogP contribution in [-0.2, 0) is 10.2 Å². The summed E-state index contributed by atoms with van der Waals surface area (Å²) >= 11 is 0. The number of nitrogens with zero attached hydrogens (tertiary/aromatic N) is 2.